The molecule has 2 heterocycles. The topological polar surface area (TPSA) is 64.7 Å². The smallest absolute Gasteiger partial charge is 0.308 e. The first-order valence-corrected chi connectivity index (χ1v) is 9.79. The number of hydrogen-bond acceptors (Lipinski definition) is 3. The Morgan fingerprint density at radius 3 is 2.55 bits per heavy atom. The Morgan fingerprint density at radius 2 is 1.94 bits per heavy atom. The van der Waals surface area contributed by atoms with Gasteiger partial charge in [0.25, 0.3) is 0 Å². The monoisotopic (exact) mass is 477 g/mol. The fourth-order valence-corrected chi connectivity index (χ4v) is 3.24. The number of rotatable bonds is 6. The summed E-state index contributed by atoms with van der Waals surface area (Å²) in [6.07, 6.45) is -3.17. The lowest BCUT2D eigenvalue weighted by Gasteiger charge is -2.12. The Balaban J connectivity index is 1.69. The maximum absolute atomic E-state index is 14.0. The van der Waals surface area contributed by atoms with E-state index in [1.54, 1.807) is 0 Å². The summed E-state index contributed by atoms with van der Waals surface area (Å²) in [7, 11) is 0. The van der Waals surface area contributed by atoms with E-state index in [4.69, 9.17) is 23.2 Å². The minimum Gasteiger partial charge on any atom is -0.308 e. The molecule has 166 valence electrons. The van der Waals surface area contributed by atoms with E-state index in [1.807, 2.05) is 0 Å². The molecule has 0 aliphatic rings. The highest BCUT2D eigenvalue weighted by molar-refractivity contribution is 6.33. The number of halogens is 6. The van der Waals surface area contributed by atoms with Crippen LogP contribution in [-0.2, 0) is 24.1 Å². The van der Waals surface area contributed by atoms with E-state index >= 15 is 0 Å². The maximum atomic E-state index is 14.0. The van der Waals surface area contributed by atoms with Crippen molar-refractivity contribution in [3.63, 3.8) is 0 Å². The molecule has 6 nitrogen and oxygen atoms in total. The molecule has 1 amide bonds. The molecule has 1 N–H and O–H groups in total. The van der Waals surface area contributed by atoms with Gasteiger partial charge in [0.15, 0.2) is 11.5 Å². The second-order valence-corrected chi connectivity index (χ2v) is 7.78. The van der Waals surface area contributed by atoms with Crippen molar-refractivity contribution in [1.29, 1.82) is 0 Å². The summed E-state index contributed by atoms with van der Waals surface area (Å²) in [5, 5.41) is 10.5. The molecule has 0 aliphatic heterocycles. The van der Waals surface area contributed by atoms with E-state index in [0.717, 1.165) is 10.7 Å². The number of benzene rings is 1. The fourth-order valence-electron chi connectivity index (χ4n) is 2.82. The molecule has 3 aromatic rings. The molecule has 12 heteroatoms. The Bertz CT molecular complexity index is 1090. The maximum Gasteiger partial charge on any atom is 0.435 e. The number of aryl methyl sites for hydroxylation is 1. The molecule has 1 aromatic carbocycles. The number of nitrogens with one attached hydrogen (secondary N) is 1. The van der Waals surface area contributed by atoms with E-state index in [2.05, 4.69) is 15.5 Å². The van der Waals surface area contributed by atoms with Gasteiger partial charge in [0, 0.05) is 22.5 Å². The number of hydrogen-bond donors (Lipinski definition) is 1. The van der Waals surface area contributed by atoms with Crippen LogP contribution in [0.2, 0.25) is 10.0 Å². The van der Waals surface area contributed by atoms with Gasteiger partial charge in [-0.2, -0.15) is 23.4 Å². The highest BCUT2D eigenvalue weighted by Crippen LogP contribution is 2.29. The molecular formula is C19H17Cl2F4N5O. The highest BCUT2D eigenvalue weighted by atomic mass is 35.5. The van der Waals surface area contributed by atoms with Crippen LogP contribution in [0.1, 0.15) is 23.9 Å². The van der Waals surface area contributed by atoms with Crippen LogP contribution < -0.4 is 5.32 Å². The lowest BCUT2D eigenvalue weighted by Crippen LogP contribution is -2.26. The normalized spacial score (nSPS) is 12.8. The first-order chi connectivity index (χ1) is 14.5. The lowest BCUT2D eigenvalue weighted by atomic mass is 10.1. The number of anilines is 1. The zero-order valence-corrected chi connectivity index (χ0v) is 17.9. The number of nitrogens with zero attached hydrogens (tertiary/aromatic N) is 4. The predicted octanol–water partition coefficient (Wildman–Crippen LogP) is 5.18. The van der Waals surface area contributed by atoms with E-state index in [9.17, 15) is 22.4 Å². The molecule has 0 bridgehead atoms. The Labute approximate surface area is 184 Å². The summed E-state index contributed by atoms with van der Waals surface area (Å²) >= 11 is 12.1. The van der Waals surface area contributed by atoms with Crippen LogP contribution in [0.15, 0.2) is 30.5 Å². The quantitative estimate of drug-likeness (QED) is 0.497. The number of amides is 1. The van der Waals surface area contributed by atoms with E-state index in [1.165, 1.54) is 42.9 Å². The number of carbonyl (C=O) groups excluding carboxylic acids is 1. The Hall–Kier alpha value is -2.59. The fraction of sp³-hybridized carbons (Fsp3) is 0.316. The summed E-state index contributed by atoms with van der Waals surface area (Å²) in [4.78, 5) is 12.5. The van der Waals surface area contributed by atoms with Crippen LogP contribution >= 0.6 is 23.2 Å². The zero-order valence-electron chi connectivity index (χ0n) is 16.3. The van der Waals surface area contributed by atoms with Crippen molar-refractivity contribution < 1.29 is 22.4 Å². The highest BCUT2D eigenvalue weighted by Gasteiger charge is 2.34. The molecule has 0 saturated carbocycles. The van der Waals surface area contributed by atoms with E-state index in [0.29, 0.717) is 0 Å². The molecule has 0 radical (unpaired) electrons. The SMILES string of the molecule is Cc1cc(C(F)(F)F)nn1CC(C)C(=O)Nc1nn(Cc2c(F)cccc2Cl)cc1Cl. The third kappa shape index (κ3) is 5.37. The first kappa shape index (κ1) is 23.1. The molecule has 0 aliphatic carbocycles. The van der Waals surface area contributed by atoms with Gasteiger partial charge in [0.1, 0.15) is 10.8 Å². The molecule has 31 heavy (non-hydrogen) atoms. The summed E-state index contributed by atoms with van der Waals surface area (Å²) in [5.41, 5.74) is -0.536. The van der Waals surface area contributed by atoms with Gasteiger partial charge in [-0.3, -0.25) is 14.2 Å². The first-order valence-electron chi connectivity index (χ1n) is 9.04. The van der Waals surface area contributed by atoms with Gasteiger partial charge in [0.05, 0.1) is 19.0 Å². The molecule has 0 spiro atoms. The summed E-state index contributed by atoms with van der Waals surface area (Å²) in [5.74, 6) is -1.72. The second-order valence-electron chi connectivity index (χ2n) is 6.96. The average Bonchev–Trinajstić information content (AvgIpc) is 3.21. The summed E-state index contributed by atoms with van der Waals surface area (Å²) < 4.78 is 54.8. The van der Waals surface area contributed by atoms with Gasteiger partial charge < -0.3 is 5.32 Å². The zero-order chi connectivity index (χ0) is 22.9. The minimum atomic E-state index is -4.57. The van der Waals surface area contributed by atoms with Gasteiger partial charge in [-0.25, -0.2) is 4.39 Å². The van der Waals surface area contributed by atoms with Crippen molar-refractivity contribution in [2.75, 3.05) is 5.32 Å². The van der Waals surface area contributed by atoms with Gasteiger partial charge in [-0.1, -0.05) is 36.2 Å². The van der Waals surface area contributed by atoms with Crippen LogP contribution in [0.5, 0.6) is 0 Å². The van der Waals surface area contributed by atoms with Crippen molar-refractivity contribution >= 4 is 34.9 Å². The molecule has 0 fully saturated rings. The van der Waals surface area contributed by atoms with Crippen molar-refractivity contribution in [1.82, 2.24) is 19.6 Å². The molecule has 1 atom stereocenters. The average molecular weight is 478 g/mol. The van der Waals surface area contributed by atoms with Gasteiger partial charge in [-0.15, -0.1) is 0 Å². The minimum absolute atomic E-state index is 0.0106. The molecule has 3 rings (SSSR count). The molecule has 2 aromatic heterocycles. The largest absolute Gasteiger partial charge is 0.435 e. The predicted molar refractivity (Wildman–Crippen MR) is 108 cm³/mol. The Kier molecular flexibility index (Phi) is 6.61. The van der Waals surface area contributed by atoms with Crippen LogP contribution in [-0.4, -0.2) is 25.5 Å². The van der Waals surface area contributed by atoms with Crippen LogP contribution in [0.3, 0.4) is 0 Å². The third-order valence-electron chi connectivity index (χ3n) is 4.51. The molecular weight excluding hydrogens is 461 g/mol. The van der Waals surface area contributed by atoms with Crippen molar-refractivity contribution in [3.8, 4) is 0 Å². The standard InChI is InChI=1S/C19H17Cl2F4N5O/c1-10(7-30-11(2)6-16(27-30)19(23,24)25)18(31)26-17-14(21)9-29(28-17)8-12-13(20)4-3-5-15(12)22/h3-6,9-10H,7-8H2,1-2H3,(H,26,28,31). The summed E-state index contributed by atoms with van der Waals surface area (Å²) in [6.45, 7) is 2.92. The molecule has 0 saturated heterocycles. The van der Waals surface area contributed by atoms with Crippen LogP contribution in [0.25, 0.3) is 0 Å². The Morgan fingerprint density at radius 1 is 1.23 bits per heavy atom. The van der Waals surface area contributed by atoms with E-state index in [-0.39, 0.29) is 40.2 Å². The third-order valence-corrected chi connectivity index (χ3v) is 5.14. The van der Waals surface area contributed by atoms with Gasteiger partial charge >= 0.3 is 6.18 Å². The number of alkyl halides is 3. The van der Waals surface area contributed by atoms with Crippen molar-refractivity contribution in [2.24, 2.45) is 5.92 Å². The van der Waals surface area contributed by atoms with Crippen molar-refractivity contribution in [2.45, 2.75) is 33.1 Å². The number of aromatic nitrogens is 4. The van der Waals surface area contributed by atoms with Crippen LogP contribution in [0, 0.1) is 18.7 Å². The van der Waals surface area contributed by atoms with Gasteiger partial charge in [-0.05, 0) is 25.1 Å². The van der Waals surface area contributed by atoms with Gasteiger partial charge in [0.2, 0.25) is 5.91 Å². The number of carbonyl (C=O) groups is 1. The van der Waals surface area contributed by atoms with E-state index < -0.39 is 29.5 Å². The molecule has 1 unspecified atom stereocenters. The summed E-state index contributed by atoms with van der Waals surface area (Å²) in [6, 6.07) is 5.19. The second kappa shape index (κ2) is 8.88. The van der Waals surface area contributed by atoms with Crippen molar-refractivity contribution in [3.05, 3.63) is 63.3 Å². The lowest BCUT2D eigenvalue weighted by molar-refractivity contribution is -0.141. The van der Waals surface area contributed by atoms with Crippen LogP contribution in [0.4, 0.5) is 23.4 Å².